The second-order valence-electron chi connectivity index (χ2n) is 6.94. The fourth-order valence-electron chi connectivity index (χ4n) is 2.53. The first kappa shape index (κ1) is 25.9. The molecule has 0 atom stereocenters. The number of fused-ring (bicyclic) bond motifs is 1. The van der Waals surface area contributed by atoms with E-state index in [0.29, 0.717) is 39.8 Å². The minimum atomic E-state index is -0.935. The van der Waals surface area contributed by atoms with Crippen LogP contribution < -0.4 is 9.47 Å². The quantitative estimate of drug-likeness (QED) is 0.351. The van der Waals surface area contributed by atoms with Crippen molar-refractivity contribution < 1.29 is 33.6 Å². The number of ether oxygens (including phenoxy) is 5. The second-order valence-corrected chi connectivity index (χ2v) is 6.94. The standard InChI is InChI=1S/C19H30O5.C4H6O2/c1-3-5-7-20-8-9-21-10-11-22-14-17-13-19-18(23-15-24-19)12-16(17)6-4-2;1-3(2)4(5)6/h12-13H,3-11,14-15H2,1-2H3;1H2,2H3,(H,5,6). The fourth-order valence-corrected chi connectivity index (χ4v) is 2.53. The highest BCUT2D eigenvalue weighted by Gasteiger charge is 2.16. The maximum atomic E-state index is 9.60. The topological polar surface area (TPSA) is 83.5 Å². The minimum Gasteiger partial charge on any atom is -0.478 e. The first-order chi connectivity index (χ1) is 14.5. The Morgan fingerprint density at radius 1 is 0.967 bits per heavy atom. The van der Waals surface area contributed by atoms with E-state index in [1.165, 1.54) is 18.1 Å². The monoisotopic (exact) mass is 424 g/mol. The number of carboxylic acid groups (broad SMARTS) is 1. The zero-order chi connectivity index (χ0) is 22.2. The summed E-state index contributed by atoms with van der Waals surface area (Å²) in [6.07, 6.45) is 4.38. The molecule has 0 saturated heterocycles. The Balaban J connectivity index is 0.000000656. The molecule has 7 nitrogen and oxygen atoms in total. The van der Waals surface area contributed by atoms with Gasteiger partial charge in [0, 0.05) is 12.2 Å². The summed E-state index contributed by atoms with van der Waals surface area (Å²) in [5.74, 6) is 0.720. The van der Waals surface area contributed by atoms with Crippen molar-refractivity contribution in [1.29, 1.82) is 0 Å². The lowest BCUT2D eigenvalue weighted by molar-refractivity contribution is -0.132. The van der Waals surface area contributed by atoms with Gasteiger partial charge in [-0.3, -0.25) is 0 Å². The van der Waals surface area contributed by atoms with Crippen LogP contribution in [-0.2, 0) is 32.0 Å². The number of rotatable bonds is 14. The molecule has 0 spiro atoms. The SMILES string of the molecule is C=C(C)C(=O)O.CCCCOCCOCCOCc1cc2c(cc1CCC)OCO2. The molecule has 0 unspecified atom stereocenters. The Bertz CT molecular complexity index is 631. The highest BCUT2D eigenvalue weighted by Crippen LogP contribution is 2.35. The van der Waals surface area contributed by atoms with E-state index in [1.807, 2.05) is 6.07 Å². The molecule has 0 bridgehead atoms. The highest BCUT2D eigenvalue weighted by atomic mass is 16.7. The number of carboxylic acids is 1. The molecule has 0 radical (unpaired) electrons. The summed E-state index contributed by atoms with van der Waals surface area (Å²) >= 11 is 0. The van der Waals surface area contributed by atoms with Crippen molar-refractivity contribution in [3.8, 4) is 11.5 Å². The van der Waals surface area contributed by atoms with Crippen LogP contribution in [0.15, 0.2) is 24.3 Å². The van der Waals surface area contributed by atoms with Gasteiger partial charge in [0.15, 0.2) is 11.5 Å². The molecule has 1 aromatic rings. The summed E-state index contributed by atoms with van der Waals surface area (Å²) in [5, 5.41) is 7.89. The van der Waals surface area contributed by atoms with Gasteiger partial charge in [0.25, 0.3) is 0 Å². The summed E-state index contributed by atoms with van der Waals surface area (Å²) in [5.41, 5.74) is 2.62. The molecule has 30 heavy (non-hydrogen) atoms. The molecule has 0 saturated carbocycles. The van der Waals surface area contributed by atoms with E-state index in [1.54, 1.807) is 0 Å². The molecule has 1 aromatic carbocycles. The number of benzene rings is 1. The molecule has 1 heterocycles. The normalized spacial score (nSPS) is 11.7. The minimum absolute atomic E-state index is 0.176. The predicted molar refractivity (Wildman–Crippen MR) is 115 cm³/mol. The first-order valence-corrected chi connectivity index (χ1v) is 10.5. The van der Waals surface area contributed by atoms with Crippen LogP contribution in [0.2, 0.25) is 0 Å². The van der Waals surface area contributed by atoms with Crippen LogP contribution in [-0.4, -0.2) is 50.9 Å². The van der Waals surface area contributed by atoms with Gasteiger partial charge in [-0.15, -0.1) is 0 Å². The van der Waals surface area contributed by atoms with E-state index >= 15 is 0 Å². The Morgan fingerprint density at radius 3 is 2.03 bits per heavy atom. The van der Waals surface area contributed by atoms with E-state index in [0.717, 1.165) is 43.8 Å². The van der Waals surface area contributed by atoms with Crippen LogP contribution in [0.4, 0.5) is 0 Å². The molecular formula is C23H36O7. The van der Waals surface area contributed by atoms with E-state index in [4.69, 9.17) is 28.8 Å². The number of unbranched alkanes of at least 4 members (excludes halogenated alkanes) is 1. The van der Waals surface area contributed by atoms with Crippen LogP contribution in [0.25, 0.3) is 0 Å². The molecule has 1 N–H and O–H groups in total. The number of hydrogen-bond acceptors (Lipinski definition) is 6. The van der Waals surface area contributed by atoms with Gasteiger partial charge in [0.05, 0.1) is 33.0 Å². The molecule has 1 aliphatic heterocycles. The van der Waals surface area contributed by atoms with Crippen LogP contribution in [0.5, 0.6) is 11.5 Å². The molecule has 0 amide bonds. The molecule has 2 rings (SSSR count). The van der Waals surface area contributed by atoms with Crippen LogP contribution in [0, 0.1) is 0 Å². The zero-order valence-corrected chi connectivity index (χ0v) is 18.5. The van der Waals surface area contributed by atoms with Gasteiger partial charge in [0.1, 0.15) is 0 Å². The maximum Gasteiger partial charge on any atom is 0.330 e. The second kappa shape index (κ2) is 15.7. The van der Waals surface area contributed by atoms with Gasteiger partial charge in [-0.05, 0) is 43.0 Å². The number of hydrogen-bond donors (Lipinski definition) is 1. The van der Waals surface area contributed by atoms with Gasteiger partial charge in [-0.1, -0.05) is 33.3 Å². The highest BCUT2D eigenvalue weighted by molar-refractivity contribution is 5.84. The van der Waals surface area contributed by atoms with Gasteiger partial charge < -0.3 is 28.8 Å². The van der Waals surface area contributed by atoms with Gasteiger partial charge in [0.2, 0.25) is 6.79 Å². The smallest absolute Gasteiger partial charge is 0.330 e. The summed E-state index contributed by atoms with van der Waals surface area (Å²) < 4.78 is 27.6. The number of aliphatic carboxylic acids is 1. The zero-order valence-electron chi connectivity index (χ0n) is 18.5. The van der Waals surface area contributed by atoms with E-state index in [2.05, 4.69) is 26.5 Å². The third-order valence-electron chi connectivity index (χ3n) is 4.22. The summed E-state index contributed by atoms with van der Waals surface area (Å²) in [4.78, 5) is 9.60. The molecule has 1 aliphatic rings. The Morgan fingerprint density at radius 2 is 1.50 bits per heavy atom. The lowest BCUT2D eigenvalue weighted by atomic mass is 10.0. The Hall–Kier alpha value is -2.09. The summed E-state index contributed by atoms with van der Waals surface area (Å²) in [6.45, 7) is 13.1. The van der Waals surface area contributed by atoms with Gasteiger partial charge in [-0.2, -0.15) is 0 Å². The van der Waals surface area contributed by atoms with E-state index < -0.39 is 5.97 Å². The average Bonchev–Trinajstić information content (AvgIpc) is 3.17. The van der Waals surface area contributed by atoms with Crippen molar-refractivity contribution >= 4 is 5.97 Å². The summed E-state index contributed by atoms with van der Waals surface area (Å²) in [7, 11) is 0. The largest absolute Gasteiger partial charge is 0.478 e. The maximum absolute atomic E-state index is 9.60. The van der Waals surface area contributed by atoms with Crippen molar-refractivity contribution in [2.45, 2.75) is 53.1 Å². The van der Waals surface area contributed by atoms with E-state index in [9.17, 15) is 4.79 Å². The van der Waals surface area contributed by atoms with Crippen molar-refractivity contribution in [3.05, 3.63) is 35.4 Å². The lowest BCUT2D eigenvalue weighted by Crippen LogP contribution is -2.10. The third-order valence-corrected chi connectivity index (χ3v) is 4.22. The fraction of sp³-hybridized carbons (Fsp3) is 0.609. The van der Waals surface area contributed by atoms with Crippen molar-refractivity contribution in [3.63, 3.8) is 0 Å². The van der Waals surface area contributed by atoms with Crippen LogP contribution in [0.3, 0.4) is 0 Å². The number of aryl methyl sites for hydroxylation is 1. The van der Waals surface area contributed by atoms with Gasteiger partial charge in [-0.25, -0.2) is 4.79 Å². The van der Waals surface area contributed by atoms with Gasteiger partial charge >= 0.3 is 5.97 Å². The molecule has 7 heteroatoms. The third kappa shape index (κ3) is 10.6. The van der Waals surface area contributed by atoms with Crippen molar-refractivity contribution in [2.75, 3.05) is 39.8 Å². The molecule has 0 aromatic heterocycles. The Labute approximate surface area is 179 Å². The van der Waals surface area contributed by atoms with Crippen molar-refractivity contribution in [1.82, 2.24) is 0 Å². The average molecular weight is 425 g/mol. The molecule has 170 valence electrons. The van der Waals surface area contributed by atoms with E-state index in [-0.39, 0.29) is 5.57 Å². The Kier molecular flexibility index (Phi) is 13.6. The van der Waals surface area contributed by atoms with Crippen LogP contribution in [0.1, 0.15) is 51.2 Å². The predicted octanol–water partition coefficient (Wildman–Crippen LogP) is 4.36. The number of carbonyl (C=O) groups is 1. The first-order valence-electron chi connectivity index (χ1n) is 10.5. The molecule has 0 fully saturated rings. The van der Waals surface area contributed by atoms with Crippen molar-refractivity contribution in [2.24, 2.45) is 0 Å². The molecular weight excluding hydrogens is 388 g/mol. The molecule has 0 aliphatic carbocycles. The summed E-state index contributed by atoms with van der Waals surface area (Å²) in [6, 6.07) is 4.12. The van der Waals surface area contributed by atoms with Crippen LogP contribution >= 0.6 is 0 Å². The lowest BCUT2D eigenvalue weighted by Gasteiger charge is -2.11.